The number of rotatable bonds is 5. The zero-order chi connectivity index (χ0) is 35.0. The second kappa shape index (κ2) is 11.3. The molecule has 1 heterocycles. The predicted octanol–water partition coefficient (Wildman–Crippen LogP) is 12.4. The van der Waals surface area contributed by atoms with Crippen LogP contribution in [0.1, 0.15) is 48.6 Å². The number of hydrogen-bond acceptors (Lipinski definition) is 3. The summed E-state index contributed by atoms with van der Waals surface area (Å²) in [6.07, 6.45) is 3.91. The van der Waals surface area contributed by atoms with Crippen LogP contribution in [0.2, 0.25) is 0 Å². The van der Waals surface area contributed by atoms with E-state index < -0.39 is 0 Å². The smallest absolute Gasteiger partial charge is 0.159 e. The van der Waals surface area contributed by atoms with Crippen LogP contribution in [0.15, 0.2) is 170 Å². The number of anilines is 3. The summed E-state index contributed by atoms with van der Waals surface area (Å²) in [6.45, 7) is 7.11. The average molecular weight is 668 g/mol. The van der Waals surface area contributed by atoms with Crippen LogP contribution in [0, 0.1) is 0 Å². The van der Waals surface area contributed by atoms with Crippen molar-refractivity contribution in [3.63, 3.8) is 0 Å². The van der Waals surface area contributed by atoms with Crippen LogP contribution in [0.4, 0.5) is 17.1 Å². The normalized spacial score (nSPS) is 14.4. The average Bonchev–Trinajstić information content (AvgIpc) is 3.60. The fraction of sp³-hybridized carbons (Fsp3) is 0.102. The molecule has 8 aromatic rings. The Balaban J connectivity index is 1.02. The van der Waals surface area contributed by atoms with Crippen LogP contribution in [0.3, 0.4) is 0 Å². The van der Waals surface area contributed by atoms with Gasteiger partial charge in [0.15, 0.2) is 5.82 Å². The molecule has 1 aromatic heterocycles. The zero-order valence-corrected chi connectivity index (χ0v) is 29.5. The summed E-state index contributed by atoms with van der Waals surface area (Å²) < 4.78 is 0. The topological polar surface area (TPSA) is 29.0 Å². The van der Waals surface area contributed by atoms with Crippen LogP contribution in [-0.2, 0) is 10.8 Å². The molecule has 3 heteroatoms. The van der Waals surface area contributed by atoms with E-state index in [0.29, 0.717) is 0 Å². The summed E-state index contributed by atoms with van der Waals surface area (Å²) in [6, 6.07) is 57.1. The standard InChI is InChI=1S/C49H37N3/c1-48(2)44-28-33(47-50-30-36(31-51-47)52(35-16-5-4-6-17-35)46-23-13-15-32-14-7-8-18-37(32)46)24-26-40(44)41-27-25-34(29-45(41)48)49(3)42-21-11-9-19-38(42)39-20-10-12-22-43(39)49/h4-31H,1-3H3. The molecule has 10 rings (SSSR count). The fourth-order valence-electron chi connectivity index (χ4n) is 8.95. The van der Waals surface area contributed by atoms with E-state index in [1.165, 1.54) is 60.8 Å². The molecular formula is C49H37N3. The summed E-state index contributed by atoms with van der Waals surface area (Å²) in [5.41, 5.74) is 15.7. The van der Waals surface area contributed by atoms with Crippen molar-refractivity contribution in [2.45, 2.75) is 31.6 Å². The number of hydrogen-bond donors (Lipinski definition) is 0. The lowest BCUT2D eigenvalue weighted by Gasteiger charge is -2.30. The van der Waals surface area contributed by atoms with Crippen molar-refractivity contribution in [2.75, 3.05) is 4.90 Å². The Morgan fingerprint density at radius 1 is 0.462 bits per heavy atom. The molecule has 52 heavy (non-hydrogen) atoms. The van der Waals surface area contributed by atoms with E-state index >= 15 is 0 Å². The molecule has 0 radical (unpaired) electrons. The maximum Gasteiger partial charge on any atom is 0.159 e. The highest BCUT2D eigenvalue weighted by atomic mass is 15.2. The van der Waals surface area contributed by atoms with Crippen molar-refractivity contribution >= 4 is 27.8 Å². The van der Waals surface area contributed by atoms with Crippen LogP contribution in [-0.4, -0.2) is 9.97 Å². The van der Waals surface area contributed by atoms with Gasteiger partial charge in [0.1, 0.15) is 0 Å². The maximum atomic E-state index is 4.99. The van der Waals surface area contributed by atoms with E-state index in [2.05, 4.69) is 177 Å². The van der Waals surface area contributed by atoms with Crippen molar-refractivity contribution in [3.8, 4) is 33.6 Å². The third kappa shape index (κ3) is 4.39. The van der Waals surface area contributed by atoms with E-state index in [9.17, 15) is 0 Å². The molecule has 0 bridgehead atoms. The third-order valence-electron chi connectivity index (χ3n) is 11.7. The van der Waals surface area contributed by atoms with Gasteiger partial charge in [0.05, 0.1) is 23.8 Å². The molecule has 0 aliphatic heterocycles. The lowest BCUT2D eigenvalue weighted by atomic mass is 9.72. The molecule has 0 N–H and O–H groups in total. The van der Waals surface area contributed by atoms with Gasteiger partial charge in [0, 0.05) is 27.5 Å². The van der Waals surface area contributed by atoms with Gasteiger partial charge in [-0.05, 0) is 86.6 Å². The van der Waals surface area contributed by atoms with Gasteiger partial charge in [-0.3, -0.25) is 0 Å². The van der Waals surface area contributed by atoms with Gasteiger partial charge in [-0.1, -0.05) is 147 Å². The first-order chi connectivity index (χ1) is 25.4. The Kier molecular flexibility index (Phi) is 6.65. The van der Waals surface area contributed by atoms with Crippen LogP contribution in [0.5, 0.6) is 0 Å². The minimum absolute atomic E-state index is 0.191. The minimum Gasteiger partial charge on any atom is -0.307 e. The van der Waals surface area contributed by atoms with E-state index in [1.54, 1.807) is 0 Å². The molecule has 0 spiro atoms. The molecule has 0 amide bonds. The van der Waals surface area contributed by atoms with Crippen molar-refractivity contribution in [1.29, 1.82) is 0 Å². The van der Waals surface area contributed by atoms with Gasteiger partial charge in [-0.2, -0.15) is 0 Å². The fourth-order valence-corrected chi connectivity index (χ4v) is 8.95. The third-order valence-corrected chi connectivity index (χ3v) is 11.7. The first-order valence-corrected chi connectivity index (χ1v) is 18.1. The van der Waals surface area contributed by atoms with Gasteiger partial charge >= 0.3 is 0 Å². The van der Waals surface area contributed by atoms with E-state index in [1.807, 2.05) is 18.5 Å². The molecule has 0 saturated carbocycles. The highest BCUT2D eigenvalue weighted by Crippen LogP contribution is 2.55. The number of fused-ring (bicyclic) bond motifs is 7. The highest BCUT2D eigenvalue weighted by Gasteiger charge is 2.43. The van der Waals surface area contributed by atoms with Crippen molar-refractivity contribution in [1.82, 2.24) is 9.97 Å². The molecule has 0 saturated heterocycles. The van der Waals surface area contributed by atoms with Gasteiger partial charge in [0.2, 0.25) is 0 Å². The molecular weight excluding hydrogens is 631 g/mol. The number of para-hydroxylation sites is 1. The number of nitrogens with zero attached hydrogens (tertiary/aromatic N) is 3. The monoisotopic (exact) mass is 667 g/mol. The summed E-state index contributed by atoms with van der Waals surface area (Å²) >= 11 is 0. The molecule has 2 aliphatic rings. The number of benzene rings is 7. The Labute approximate surface area is 304 Å². The molecule has 7 aromatic carbocycles. The van der Waals surface area contributed by atoms with Gasteiger partial charge < -0.3 is 4.90 Å². The minimum atomic E-state index is -0.229. The molecule has 248 valence electrons. The zero-order valence-electron chi connectivity index (χ0n) is 29.5. The second-order valence-corrected chi connectivity index (χ2v) is 14.8. The van der Waals surface area contributed by atoms with E-state index in [-0.39, 0.29) is 10.8 Å². The Hall–Kier alpha value is -6.32. The van der Waals surface area contributed by atoms with Gasteiger partial charge in [-0.25, -0.2) is 9.97 Å². The maximum absolute atomic E-state index is 4.99. The van der Waals surface area contributed by atoms with Crippen molar-refractivity contribution in [3.05, 3.63) is 198 Å². The molecule has 0 unspecified atom stereocenters. The van der Waals surface area contributed by atoms with E-state index in [0.717, 1.165) is 28.5 Å². The van der Waals surface area contributed by atoms with Crippen molar-refractivity contribution in [2.24, 2.45) is 0 Å². The molecule has 0 atom stereocenters. The first kappa shape index (κ1) is 30.5. The summed E-state index contributed by atoms with van der Waals surface area (Å²) in [5.74, 6) is 0.719. The molecule has 3 nitrogen and oxygen atoms in total. The van der Waals surface area contributed by atoms with E-state index in [4.69, 9.17) is 9.97 Å². The predicted molar refractivity (Wildman–Crippen MR) is 215 cm³/mol. The molecule has 2 aliphatic carbocycles. The number of aromatic nitrogens is 2. The summed E-state index contributed by atoms with van der Waals surface area (Å²) in [5, 5.41) is 2.37. The van der Waals surface area contributed by atoms with Crippen LogP contribution >= 0.6 is 0 Å². The Morgan fingerprint density at radius 3 is 1.77 bits per heavy atom. The van der Waals surface area contributed by atoms with Gasteiger partial charge in [-0.15, -0.1) is 0 Å². The summed E-state index contributed by atoms with van der Waals surface area (Å²) in [4.78, 5) is 12.2. The van der Waals surface area contributed by atoms with Crippen molar-refractivity contribution < 1.29 is 0 Å². The lowest BCUT2D eigenvalue weighted by molar-refractivity contribution is 0.652. The Bertz CT molecular complexity index is 2620. The van der Waals surface area contributed by atoms with Gasteiger partial charge in [0.25, 0.3) is 0 Å². The first-order valence-electron chi connectivity index (χ1n) is 18.1. The quantitative estimate of drug-likeness (QED) is 0.183. The second-order valence-electron chi connectivity index (χ2n) is 14.8. The summed E-state index contributed by atoms with van der Waals surface area (Å²) in [7, 11) is 0. The van der Waals surface area contributed by atoms with Crippen LogP contribution in [0.25, 0.3) is 44.4 Å². The molecule has 0 fully saturated rings. The van der Waals surface area contributed by atoms with Crippen LogP contribution < -0.4 is 4.90 Å². The highest BCUT2D eigenvalue weighted by molar-refractivity contribution is 5.98. The SMILES string of the molecule is CC1(C)c2cc(-c3ncc(N(c4ccccc4)c4cccc5ccccc45)cn3)ccc2-c2ccc(C3(C)c4ccccc4-c4ccccc43)cc21. The lowest BCUT2D eigenvalue weighted by Crippen LogP contribution is -2.24. The Morgan fingerprint density at radius 2 is 1.04 bits per heavy atom. The largest absolute Gasteiger partial charge is 0.307 e.